The van der Waals surface area contributed by atoms with Gasteiger partial charge in [-0.25, -0.2) is 13.2 Å². The van der Waals surface area contributed by atoms with E-state index < -0.39 is 70.5 Å². The second-order valence-electron chi connectivity index (χ2n) is 4.61. The van der Waals surface area contributed by atoms with Crippen LogP contribution in [0.25, 0.3) is 0 Å². The molecule has 0 spiro atoms. The minimum atomic E-state index is -3.34. The summed E-state index contributed by atoms with van der Waals surface area (Å²) in [6, 6.07) is 4.01. The van der Waals surface area contributed by atoms with Gasteiger partial charge in [0.15, 0.2) is 17.5 Å². The van der Waals surface area contributed by atoms with Gasteiger partial charge in [-0.1, -0.05) is 0 Å². The van der Waals surface area contributed by atoms with Gasteiger partial charge in [-0.05, 0) is 12.1 Å². The van der Waals surface area contributed by atoms with E-state index in [1.165, 1.54) is 0 Å². The third kappa shape index (κ3) is 5.38. The van der Waals surface area contributed by atoms with E-state index in [1.807, 2.05) is 0 Å². The summed E-state index contributed by atoms with van der Waals surface area (Å²) in [5.41, 5.74) is -2.02. The highest BCUT2D eigenvalue weighted by Crippen LogP contribution is 2.24. The molecule has 3 rings (SSSR count). The standard InChI is InChI=1S/C10H11FN2O3.C6H3F2NO2/c11-9-7-8(13(14)15)1-2-10(9)12-3-5-16-6-4-12;7-5-2-1-4(9(10)11)3-6(5)8/h1-2,7H,3-6H2;1-3H/i3D2,4D2,5D2,6D2;. The number of anilines is 1. The number of hydrogen-bond donors (Lipinski definition) is 0. The Morgan fingerprint density at radius 2 is 1.41 bits per heavy atom. The lowest BCUT2D eigenvalue weighted by atomic mass is 10.2. The van der Waals surface area contributed by atoms with E-state index >= 15 is 0 Å². The van der Waals surface area contributed by atoms with Gasteiger partial charge < -0.3 is 9.64 Å². The molecule has 1 heterocycles. The van der Waals surface area contributed by atoms with Gasteiger partial charge in [0, 0.05) is 25.1 Å². The van der Waals surface area contributed by atoms with Gasteiger partial charge in [-0.2, -0.15) is 0 Å². The maximum absolute atomic E-state index is 14.2. The minimum absolute atomic E-state index is 0.0808. The van der Waals surface area contributed by atoms with Crippen LogP contribution in [0.2, 0.25) is 0 Å². The van der Waals surface area contributed by atoms with Gasteiger partial charge in [0.1, 0.15) is 0 Å². The lowest BCUT2D eigenvalue weighted by molar-refractivity contribution is -0.385. The Bertz CT molecular complexity index is 1150. The lowest BCUT2D eigenvalue weighted by Gasteiger charge is -2.28. The summed E-state index contributed by atoms with van der Waals surface area (Å²) >= 11 is 0. The highest BCUT2D eigenvalue weighted by molar-refractivity contribution is 5.52. The fraction of sp³-hybridized carbons (Fsp3) is 0.250. The normalized spacial score (nSPS) is 25.4. The second-order valence-corrected chi connectivity index (χ2v) is 4.61. The van der Waals surface area contributed by atoms with Gasteiger partial charge in [-0.3, -0.25) is 20.2 Å². The van der Waals surface area contributed by atoms with E-state index in [0.717, 1.165) is 12.1 Å². The second kappa shape index (κ2) is 8.94. The third-order valence-electron chi connectivity index (χ3n) is 2.91. The molecule has 0 N–H and O–H groups in total. The van der Waals surface area contributed by atoms with Crippen LogP contribution in [0, 0.1) is 37.7 Å². The first-order valence-electron chi connectivity index (χ1n) is 10.8. The molecule has 0 radical (unpaired) electrons. The van der Waals surface area contributed by atoms with Crippen LogP contribution in [0.5, 0.6) is 0 Å². The molecule has 8 nitrogen and oxygen atoms in total. The van der Waals surface area contributed by atoms with Crippen molar-refractivity contribution in [1.82, 2.24) is 0 Å². The van der Waals surface area contributed by atoms with E-state index in [0.29, 0.717) is 24.3 Å². The number of hydrogen-bond acceptors (Lipinski definition) is 6. The van der Waals surface area contributed by atoms with Crippen LogP contribution < -0.4 is 4.90 Å². The Labute approximate surface area is 162 Å². The van der Waals surface area contributed by atoms with Crippen LogP contribution in [-0.4, -0.2) is 36.0 Å². The van der Waals surface area contributed by atoms with Gasteiger partial charge >= 0.3 is 0 Å². The number of nitrogens with zero attached hydrogens (tertiary/aromatic N) is 3. The number of halogens is 3. The van der Waals surface area contributed by atoms with Crippen molar-refractivity contribution in [2.75, 3.05) is 31.0 Å². The topological polar surface area (TPSA) is 98.8 Å². The molecule has 0 aliphatic carbocycles. The first-order valence-corrected chi connectivity index (χ1v) is 6.80. The van der Waals surface area contributed by atoms with Gasteiger partial charge in [0.2, 0.25) is 0 Å². The molecule has 1 saturated heterocycles. The molecule has 2 aromatic rings. The molecule has 1 aliphatic heterocycles. The Hall–Kier alpha value is -3.21. The van der Waals surface area contributed by atoms with E-state index in [-0.39, 0.29) is 4.90 Å². The molecule has 0 saturated carbocycles. The summed E-state index contributed by atoms with van der Waals surface area (Å²) in [7, 11) is 0. The molecule has 0 unspecified atom stereocenters. The fourth-order valence-corrected chi connectivity index (χ4v) is 1.70. The summed E-state index contributed by atoms with van der Waals surface area (Å²) in [5.74, 6) is -3.71. The molecule has 2 aromatic carbocycles. The van der Waals surface area contributed by atoms with Crippen molar-refractivity contribution < 1.29 is 38.7 Å². The van der Waals surface area contributed by atoms with E-state index in [1.54, 1.807) is 0 Å². The molecular formula is C16H14F3N3O5. The summed E-state index contributed by atoms with van der Waals surface area (Å²) in [5, 5.41) is 20.6. The zero-order chi connectivity index (χ0) is 27.1. The molecule has 0 aromatic heterocycles. The summed E-state index contributed by atoms with van der Waals surface area (Å²) in [6.45, 7) is -13.3. The predicted molar refractivity (Wildman–Crippen MR) is 89.1 cm³/mol. The Kier molecular flexibility index (Phi) is 3.81. The van der Waals surface area contributed by atoms with Crippen LogP contribution in [0.1, 0.15) is 11.0 Å². The van der Waals surface area contributed by atoms with Crippen LogP contribution in [-0.2, 0) is 4.74 Å². The number of rotatable bonds is 3. The van der Waals surface area contributed by atoms with Crippen molar-refractivity contribution in [2.24, 2.45) is 0 Å². The monoisotopic (exact) mass is 393 g/mol. The van der Waals surface area contributed by atoms with E-state index in [2.05, 4.69) is 4.74 Å². The molecule has 27 heavy (non-hydrogen) atoms. The lowest BCUT2D eigenvalue weighted by Crippen LogP contribution is -2.36. The number of benzene rings is 2. The zero-order valence-electron chi connectivity index (χ0n) is 21.0. The molecule has 0 bridgehead atoms. The molecule has 1 aliphatic rings. The third-order valence-corrected chi connectivity index (χ3v) is 2.91. The van der Waals surface area contributed by atoms with Crippen LogP contribution in [0.4, 0.5) is 30.2 Å². The number of nitro groups is 2. The summed E-state index contributed by atoms with van der Waals surface area (Å²) in [6.07, 6.45) is 0. The Morgan fingerprint density at radius 3 is 1.89 bits per heavy atom. The minimum Gasteiger partial charge on any atom is -0.378 e. The van der Waals surface area contributed by atoms with Gasteiger partial charge in [0.05, 0.1) is 51.8 Å². The average molecular weight is 393 g/mol. The smallest absolute Gasteiger partial charge is 0.272 e. The Morgan fingerprint density at radius 1 is 0.889 bits per heavy atom. The first-order chi connectivity index (χ1) is 15.8. The molecule has 0 atom stereocenters. The van der Waals surface area contributed by atoms with Crippen molar-refractivity contribution in [3.05, 3.63) is 74.1 Å². The van der Waals surface area contributed by atoms with Crippen LogP contribution >= 0.6 is 0 Å². The molecule has 144 valence electrons. The first kappa shape index (κ1) is 11.5. The summed E-state index contributed by atoms with van der Waals surface area (Å²) < 4.78 is 104. The van der Waals surface area contributed by atoms with Crippen molar-refractivity contribution in [3.8, 4) is 0 Å². The fourth-order valence-electron chi connectivity index (χ4n) is 1.70. The van der Waals surface area contributed by atoms with Gasteiger partial charge in [0.25, 0.3) is 11.4 Å². The molecular weight excluding hydrogens is 371 g/mol. The molecule has 11 heteroatoms. The maximum Gasteiger partial charge on any atom is 0.272 e. The highest BCUT2D eigenvalue weighted by Gasteiger charge is 2.17. The van der Waals surface area contributed by atoms with Crippen LogP contribution in [0.3, 0.4) is 0 Å². The average Bonchev–Trinajstić information content (AvgIpc) is 2.69. The maximum atomic E-state index is 14.2. The summed E-state index contributed by atoms with van der Waals surface area (Å²) in [4.78, 5) is 18.8. The van der Waals surface area contributed by atoms with Crippen molar-refractivity contribution in [1.29, 1.82) is 0 Å². The van der Waals surface area contributed by atoms with Crippen molar-refractivity contribution >= 4 is 17.1 Å². The predicted octanol–water partition coefficient (Wildman–Crippen LogP) is 3.44. The molecule has 0 amide bonds. The van der Waals surface area contributed by atoms with E-state index in [4.69, 9.17) is 11.0 Å². The Balaban J connectivity index is 0.000000328. The van der Waals surface area contributed by atoms with Crippen LogP contribution in [0.15, 0.2) is 36.4 Å². The SMILES string of the molecule is O=[N+]([O-])c1ccc(F)c(F)c1.[2H]C1([2H])OC([2H])([2H])C([2H])([2H])N(c2ccc([N+](=O)[O-])cc2F)C1([2H])[2H]. The number of nitro benzene ring substituents is 2. The van der Waals surface area contributed by atoms with Gasteiger partial charge in [-0.15, -0.1) is 0 Å². The number of non-ortho nitro benzene ring substituents is 2. The number of morpholine rings is 1. The zero-order valence-corrected chi connectivity index (χ0v) is 13.0. The van der Waals surface area contributed by atoms with E-state index in [9.17, 15) is 33.4 Å². The largest absolute Gasteiger partial charge is 0.378 e. The van der Waals surface area contributed by atoms with Crippen molar-refractivity contribution in [3.63, 3.8) is 0 Å². The quantitative estimate of drug-likeness (QED) is 0.585. The van der Waals surface area contributed by atoms with Crippen molar-refractivity contribution in [2.45, 2.75) is 0 Å². The number of ether oxygens (including phenoxy) is 1. The molecule has 1 fully saturated rings. The highest BCUT2D eigenvalue weighted by atomic mass is 19.2.